The second kappa shape index (κ2) is 8.50. The highest BCUT2D eigenvalue weighted by Gasteiger charge is 2.32. The van der Waals surface area contributed by atoms with Crippen LogP contribution in [0, 0.1) is 0 Å². The maximum atomic E-state index is 12.2. The summed E-state index contributed by atoms with van der Waals surface area (Å²) in [7, 11) is 0. The molecule has 0 unspecified atom stereocenters. The number of amides is 3. The highest BCUT2D eigenvalue weighted by Crippen LogP contribution is 2.17. The van der Waals surface area contributed by atoms with Gasteiger partial charge in [0.05, 0.1) is 0 Å². The number of carbonyl (C=O) groups is 3. The summed E-state index contributed by atoms with van der Waals surface area (Å²) < 4.78 is 0. The van der Waals surface area contributed by atoms with Gasteiger partial charge in [-0.25, -0.2) is 0 Å². The number of carbonyl (C=O) groups excluding carboxylic acids is 3. The molecule has 7 heteroatoms. The normalized spacial score (nSPS) is 14.7. The third kappa shape index (κ3) is 4.49. The van der Waals surface area contributed by atoms with Gasteiger partial charge in [0.15, 0.2) is 0 Å². The van der Waals surface area contributed by atoms with Gasteiger partial charge in [-0.05, 0) is 45.0 Å². The molecule has 0 bridgehead atoms. The Bertz CT molecular complexity index is 626. The van der Waals surface area contributed by atoms with Gasteiger partial charge < -0.3 is 20.0 Å². The van der Waals surface area contributed by atoms with E-state index in [2.05, 4.69) is 24.1 Å². The molecule has 0 aliphatic carbocycles. The van der Waals surface area contributed by atoms with Crippen molar-refractivity contribution in [3.8, 4) is 0 Å². The van der Waals surface area contributed by atoms with Crippen molar-refractivity contribution in [2.75, 3.05) is 49.5 Å². The third-order valence-electron chi connectivity index (χ3n) is 4.39. The Kier molecular flexibility index (Phi) is 6.38. The van der Waals surface area contributed by atoms with E-state index in [0.717, 1.165) is 18.8 Å². The molecule has 1 N–H and O–H groups in total. The summed E-state index contributed by atoms with van der Waals surface area (Å²) in [5.41, 5.74) is 1.77. The van der Waals surface area contributed by atoms with Crippen molar-refractivity contribution in [3.63, 3.8) is 0 Å². The Hall–Kier alpha value is -2.57. The number of nitrogens with zero attached hydrogens (tertiary/aromatic N) is 3. The molecular formula is C18H26N4O3. The highest BCUT2D eigenvalue weighted by molar-refractivity contribution is 6.35. The minimum Gasteiger partial charge on any atom is -0.372 e. The second-order valence-electron chi connectivity index (χ2n) is 5.88. The molecule has 136 valence electrons. The zero-order valence-corrected chi connectivity index (χ0v) is 15.1. The van der Waals surface area contributed by atoms with E-state index >= 15 is 0 Å². The summed E-state index contributed by atoms with van der Waals surface area (Å²) in [5, 5.41) is 2.78. The van der Waals surface area contributed by atoms with E-state index in [1.165, 1.54) is 9.80 Å². The molecule has 1 aliphatic rings. The predicted molar refractivity (Wildman–Crippen MR) is 97.5 cm³/mol. The fourth-order valence-corrected chi connectivity index (χ4v) is 2.89. The van der Waals surface area contributed by atoms with Crippen molar-refractivity contribution < 1.29 is 14.4 Å². The lowest BCUT2D eigenvalue weighted by molar-refractivity contribution is -0.156. The first-order valence-electron chi connectivity index (χ1n) is 8.73. The predicted octanol–water partition coefficient (Wildman–Crippen LogP) is 1.16. The molecule has 0 radical (unpaired) electrons. The number of anilines is 2. The molecule has 0 atom stereocenters. The molecule has 1 aliphatic heterocycles. The molecule has 3 amide bonds. The van der Waals surface area contributed by atoms with Crippen LogP contribution in [0.15, 0.2) is 24.3 Å². The largest absolute Gasteiger partial charge is 0.372 e. The van der Waals surface area contributed by atoms with Gasteiger partial charge in [-0.15, -0.1) is 0 Å². The van der Waals surface area contributed by atoms with Crippen molar-refractivity contribution in [2.24, 2.45) is 0 Å². The van der Waals surface area contributed by atoms with Crippen LogP contribution in [-0.2, 0) is 14.4 Å². The molecule has 7 nitrogen and oxygen atoms in total. The van der Waals surface area contributed by atoms with Gasteiger partial charge in [0.25, 0.3) is 0 Å². The zero-order valence-electron chi connectivity index (χ0n) is 15.1. The van der Waals surface area contributed by atoms with E-state index in [1.54, 1.807) is 0 Å². The van der Waals surface area contributed by atoms with Crippen LogP contribution < -0.4 is 10.2 Å². The van der Waals surface area contributed by atoms with E-state index in [9.17, 15) is 14.4 Å². The molecule has 1 saturated heterocycles. The van der Waals surface area contributed by atoms with E-state index in [1.807, 2.05) is 31.2 Å². The average molecular weight is 346 g/mol. The first-order valence-corrected chi connectivity index (χ1v) is 8.73. The fraction of sp³-hybridized carbons (Fsp3) is 0.500. The number of hydrogen-bond donors (Lipinski definition) is 1. The number of likely N-dealkylation sites (N-methyl/N-ethyl adjacent to an activating group) is 1. The van der Waals surface area contributed by atoms with Gasteiger partial charge in [-0.3, -0.25) is 14.4 Å². The smallest absolute Gasteiger partial charge is 0.312 e. The lowest BCUT2D eigenvalue weighted by Crippen LogP contribution is -2.55. The Morgan fingerprint density at radius 2 is 1.56 bits per heavy atom. The molecule has 1 heterocycles. The van der Waals surface area contributed by atoms with Crippen LogP contribution in [0.2, 0.25) is 0 Å². The van der Waals surface area contributed by atoms with Crippen molar-refractivity contribution in [1.82, 2.24) is 9.80 Å². The topological polar surface area (TPSA) is 73.0 Å². The second-order valence-corrected chi connectivity index (χ2v) is 5.88. The Labute approximate surface area is 148 Å². The van der Waals surface area contributed by atoms with Gasteiger partial charge in [-0.1, -0.05) is 0 Å². The van der Waals surface area contributed by atoms with Gasteiger partial charge >= 0.3 is 11.8 Å². The van der Waals surface area contributed by atoms with E-state index < -0.39 is 11.8 Å². The highest BCUT2D eigenvalue weighted by atomic mass is 16.2. The fourth-order valence-electron chi connectivity index (χ4n) is 2.89. The zero-order chi connectivity index (χ0) is 18.4. The summed E-state index contributed by atoms with van der Waals surface area (Å²) in [4.78, 5) is 41.1. The minimum absolute atomic E-state index is 0.111. The minimum atomic E-state index is -0.611. The monoisotopic (exact) mass is 346 g/mol. The molecule has 2 rings (SSSR count). The number of piperazine rings is 1. The maximum absolute atomic E-state index is 12.2. The lowest BCUT2D eigenvalue weighted by Gasteiger charge is -2.32. The number of nitrogens with one attached hydrogen (secondary N) is 1. The van der Waals surface area contributed by atoms with Crippen molar-refractivity contribution in [1.29, 1.82) is 0 Å². The Morgan fingerprint density at radius 1 is 1.00 bits per heavy atom. The SMILES string of the molecule is CCN1CCN(CC(=O)Nc2ccc(N(CC)CC)cc2)C(=O)C1=O. The molecule has 1 aromatic rings. The Balaban J connectivity index is 1.92. The summed E-state index contributed by atoms with van der Waals surface area (Å²) in [5.74, 6) is -1.45. The quantitative estimate of drug-likeness (QED) is 0.752. The molecule has 1 fully saturated rings. The number of hydrogen-bond acceptors (Lipinski definition) is 4. The Morgan fingerprint density at radius 3 is 2.12 bits per heavy atom. The number of rotatable bonds is 7. The molecule has 0 aromatic heterocycles. The van der Waals surface area contributed by atoms with Crippen LogP contribution >= 0.6 is 0 Å². The number of benzene rings is 1. The van der Waals surface area contributed by atoms with Crippen LogP contribution in [0.3, 0.4) is 0 Å². The molecular weight excluding hydrogens is 320 g/mol. The first kappa shape index (κ1) is 18.8. The molecule has 1 aromatic carbocycles. The van der Waals surface area contributed by atoms with Gasteiger partial charge in [0.2, 0.25) is 5.91 Å². The van der Waals surface area contributed by atoms with Crippen molar-refractivity contribution in [3.05, 3.63) is 24.3 Å². The van der Waals surface area contributed by atoms with Crippen LogP contribution in [0.4, 0.5) is 11.4 Å². The summed E-state index contributed by atoms with van der Waals surface area (Å²) in [6, 6.07) is 7.59. The third-order valence-corrected chi connectivity index (χ3v) is 4.39. The summed E-state index contributed by atoms with van der Waals surface area (Å²) in [6.45, 7) is 9.09. The standard InChI is InChI=1S/C18H26N4O3/c1-4-20(5-2)15-9-7-14(8-10-15)19-16(23)13-22-12-11-21(6-3)17(24)18(22)25/h7-10H,4-6,11-13H2,1-3H3,(H,19,23). The first-order chi connectivity index (χ1) is 12.0. The van der Waals surface area contributed by atoms with E-state index in [-0.39, 0.29) is 12.5 Å². The van der Waals surface area contributed by atoms with Crippen LogP contribution in [0.25, 0.3) is 0 Å². The summed E-state index contributed by atoms with van der Waals surface area (Å²) in [6.07, 6.45) is 0. The molecule has 0 spiro atoms. The van der Waals surface area contributed by atoms with Crippen LogP contribution in [0.5, 0.6) is 0 Å². The summed E-state index contributed by atoms with van der Waals surface area (Å²) >= 11 is 0. The van der Waals surface area contributed by atoms with Crippen molar-refractivity contribution >= 4 is 29.1 Å². The van der Waals surface area contributed by atoms with Gasteiger partial charge in [-0.2, -0.15) is 0 Å². The van der Waals surface area contributed by atoms with Crippen LogP contribution in [-0.4, -0.2) is 66.8 Å². The van der Waals surface area contributed by atoms with Crippen molar-refractivity contribution in [2.45, 2.75) is 20.8 Å². The lowest BCUT2D eigenvalue weighted by atomic mass is 10.2. The average Bonchev–Trinajstić information content (AvgIpc) is 2.61. The van der Waals surface area contributed by atoms with E-state index in [0.29, 0.717) is 25.3 Å². The van der Waals surface area contributed by atoms with Gasteiger partial charge in [0, 0.05) is 44.1 Å². The van der Waals surface area contributed by atoms with E-state index in [4.69, 9.17) is 0 Å². The molecule has 25 heavy (non-hydrogen) atoms. The van der Waals surface area contributed by atoms with Gasteiger partial charge in [0.1, 0.15) is 6.54 Å². The maximum Gasteiger partial charge on any atom is 0.312 e. The van der Waals surface area contributed by atoms with Crippen LogP contribution in [0.1, 0.15) is 20.8 Å². The molecule has 0 saturated carbocycles.